The number of para-hydroxylation sites is 2. The first-order chi connectivity index (χ1) is 13.3. The molecule has 0 aliphatic carbocycles. The van der Waals surface area contributed by atoms with Gasteiger partial charge in [0.25, 0.3) is 0 Å². The van der Waals surface area contributed by atoms with E-state index in [4.69, 9.17) is 0 Å². The molecule has 0 unspecified atom stereocenters. The summed E-state index contributed by atoms with van der Waals surface area (Å²) in [6.07, 6.45) is 0. The molecule has 0 saturated carbocycles. The number of aryl methyl sites for hydroxylation is 1. The largest absolute Gasteiger partial charge is 0.344 e. The average Bonchev–Trinajstić information content (AvgIpc) is 3.16. The average molecular weight is 344 g/mol. The molecule has 0 radical (unpaired) electrons. The summed E-state index contributed by atoms with van der Waals surface area (Å²) in [6.45, 7) is 0. The number of aromatic nitrogens is 2. The van der Waals surface area contributed by atoms with Crippen molar-refractivity contribution < 1.29 is 0 Å². The van der Waals surface area contributed by atoms with Crippen molar-refractivity contribution in [1.82, 2.24) is 8.97 Å². The number of fused-ring (bicyclic) bond motifs is 6. The minimum atomic E-state index is 1.27. The lowest BCUT2D eigenvalue weighted by atomic mass is 10.0. The fourth-order valence-corrected chi connectivity index (χ4v) is 5.16. The van der Waals surface area contributed by atoms with Gasteiger partial charge in [-0.25, -0.2) is 0 Å². The van der Waals surface area contributed by atoms with Crippen molar-refractivity contribution >= 4 is 59.9 Å². The summed E-state index contributed by atoms with van der Waals surface area (Å²) in [4.78, 5) is 0. The van der Waals surface area contributed by atoms with Gasteiger partial charge >= 0.3 is 0 Å². The van der Waals surface area contributed by atoms with Crippen LogP contribution in [0, 0.1) is 0 Å². The quantitative estimate of drug-likeness (QED) is 0.298. The number of hydrogen-bond acceptors (Lipinski definition) is 0. The maximum Gasteiger partial charge on any atom is 0.0641 e. The van der Waals surface area contributed by atoms with Gasteiger partial charge in [0.2, 0.25) is 0 Å². The van der Waals surface area contributed by atoms with Crippen molar-refractivity contribution in [2.45, 2.75) is 0 Å². The first-order valence-electron chi connectivity index (χ1n) is 9.37. The van der Waals surface area contributed by atoms with E-state index in [2.05, 4.69) is 94.9 Å². The van der Waals surface area contributed by atoms with Gasteiger partial charge in [0, 0.05) is 39.5 Å². The van der Waals surface area contributed by atoms with Gasteiger partial charge in [0.05, 0.1) is 22.1 Å². The van der Waals surface area contributed by atoms with Crippen molar-refractivity contribution in [2.24, 2.45) is 7.05 Å². The lowest BCUT2D eigenvalue weighted by Gasteiger charge is -2.03. The molecule has 3 heterocycles. The van der Waals surface area contributed by atoms with E-state index in [0.29, 0.717) is 0 Å². The van der Waals surface area contributed by atoms with Crippen LogP contribution in [0.1, 0.15) is 0 Å². The van der Waals surface area contributed by atoms with Gasteiger partial charge in [0.15, 0.2) is 0 Å². The van der Waals surface area contributed by atoms with Crippen LogP contribution in [0.25, 0.3) is 59.9 Å². The van der Waals surface area contributed by atoms with Crippen LogP contribution in [-0.2, 0) is 7.05 Å². The van der Waals surface area contributed by atoms with Gasteiger partial charge in [-0.2, -0.15) is 0 Å². The summed E-state index contributed by atoms with van der Waals surface area (Å²) in [6, 6.07) is 28.9. The molecule has 0 fully saturated rings. The number of rotatable bonds is 0. The maximum atomic E-state index is 2.47. The van der Waals surface area contributed by atoms with Crippen LogP contribution in [-0.4, -0.2) is 8.97 Å². The molecule has 2 nitrogen and oxygen atoms in total. The Morgan fingerprint density at radius 2 is 1.07 bits per heavy atom. The molecule has 4 aromatic carbocycles. The highest BCUT2D eigenvalue weighted by Gasteiger charge is 2.20. The van der Waals surface area contributed by atoms with Gasteiger partial charge in [-0.1, -0.05) is 54.6 Å². The number of benzene rings is 4. The summed E-state index contributed by atoms with van der Waals surface area (Å²) in [5.74, 6) is 0. The molecule has 0 amide bonds. The molecule has 126 valence electrons. The van der Waals surface area contributed by atoms with Gasteiger partial charge in [-0.3, -0.25) is 0 Å². The summed E-state index contributed by atoms with van der Waals surface area (Å²) in [5, 5.41) is 8.02. The van der Waals surface area contributed by atoms with E-state index in [1.165, 1.54) is 59.9 Å². The minimum absolute atomic E-state index is 1.27. The molecular weight excluding hydrogens is 328 g/mol. The Kier molecular flexibility index (Phi) is 2.23. The molecule has 7 aromatic rings. The van der Waals surface area contributed by atoms with Crippen molar-refractivity contribution in [1.29, 1.82) is 0 Å². The Balaban J connectivity index is 2.08. The predicted octanol–water partition coefficient (Wildman–Crippen LogP) is 6.48. The van der Waals surface area contributed by atoms with E-state index in [1.54, 1.807) is 0 Å². The molecule has 0 N–H and O–H groups in total. The fourth-order valence-electron chi connectivity index (χ4n) is 5.16. The Hall–Kier alpha value is -3.52. The highest BCUT2D eigenvalue weighted by atomic mass is 15.0. The number of nitrogens with zero attached hydrogens (tertiary/aromatic N) is 2. The molecule has 7 rings (SSSR count). The molecule has 0 spiro atoms. The van der Waals surface area contributed by atoms with Crippen LogP contribution < -0.4 is 0 Å². The van der Waals surface area contributed by atoms with Gasteiger partial charge in [-0.05, 0) is 29.7 Å². The highest BCUT2D eigenvalue weighted by Crippen LogP contribution is 2.43. The zero-order chi connectivity index (χ0) is 17.7. The van der Waals surface area contributed by atoms with E-state index in [9.17, 15) is 0 Å². The van der Waals surface area contributed by atoms with E-state index < -0.39 is 0 Å². The first-order valence-corrected chi connectivity index (χ1v) is 9.37. The second kappa shape index (κ2) is 4.41. The van der Waals surface area contributed by atoms with Crippen molar-refractivity contribution in [3.8, 4) is 0 Å². The molecular formula is C25H16N2. The number of hydrogen-bond donors (Lipinski definition) is 0. The minimum Gasteiger partial charge on any atom is -0.344 e. The molecule has 27 heavy (non-hydrogen) atoms. The topological polar surface area (TPSA) is 9.34 Å². The standard InChI is InChI=1S/C25H16N2/c1-26-21-12-6-9-17-15-7-2-4-10-19(15)27-20-11-5-3-8-16(20)18-13-14-22(26)24(23(17)21)25(18)27/h2-14H,1H3. The Bertz CT molecular complexity index is 1680. The normalized spacial score (nSPS) is 12.6. The predicted molar refractivity (Wildman–Crippen MR) is 115 cm³/mol. The van der Waals surface area contributed by atoms with Crippen LogP contribution in [0.4, 0.5) is 0 Å². The lowest BCUT2D eigenvalue weighted by Crippen LogP contribution is -1.88. The third kappa shape index (κ3) is 1.42. The SMILES string of the molecule is Cn1c2cccc3c4ccccc4n4c5ccccc5c5ccc1c(c32)c54. The Morgan fingerprint density at radius 1 is 0.481 bits per heavy atom. The third-order valence-corrected chi connectivity index (χ3v) is 6.26. The third-order valence-electron chi connectivity index (χ3n) is 6.26. The fraction of sp³-hybridized carbons (Fsp3) is 0.0400. The summed E-state index contributed by atoms with van der Waals surface area (Å²) in [5.41, 5.74) is 6.46. The smallest absolute Gasteiger partial charge is 0.0641 e. The highest BCUT2D eigenvalue weighted by molar-refractivity contribution is 6.32. The maximum absolute atomic E-state index is 2.47. The van der Waals surface area contributed by atoms with Crippen molar-refractivity contribution in [2.75, 3.05) is 0 Å². The Morgan fingerprint density at radius 3 is 1.85 bits per heavy atom. The van der Waals surface area contributed by atoms with Crippen molar-refractivity contribution in [3.63, 3.8) is 0 Å². The van der Waals surface area contributed by atoms with Crippen LogP contribution in [0.5, 0.6) is 0 Å². The molecule has 0 saturated heterocycles. The second-order valence-corrected chi connectivity index (χ2v) is 7.48. The summed E-state index contributed by atoms with van der Waals surface area (Å²) >= 11 is 0. The van der Waals surface area contributed by atoms with Crippen LogP contribution in [0.3, 0.4) is 0 Å². The molecule has 2 heteroatoms. The molecule has 3 aromatic heterocycles. The second-order valence-electron chi connectivity index (χ2n) is 7.48. The zero-order valence-corrected chi connectivity index (χ0v) is 14.9. The zero-order valence-electron chi connectivity index (χ0n) is 14.9. The van der Waals surface area contributed by atoms with Crippen LogP contribution in [0.15, 0.2) is 78.9 Å². The van der Waals surface area contributed by atoms with Gasteiger partial charge in [0.1, 0.15) is 0 Å². The van der Waals surface area contributed by atoms with E-state index in [0.717, 1.165) is 0 Å². The molecule has 0 bridgehead atoms. The first kappa shape index (κ1) is 13.7. The summed E-state index contributed by atoms with van der Waals surface area (Å²) < 4.78 is 4.81. The molecule has 0 aliphatic heterocycles. The molecule has 0 aliphatic rings. The van der Waals surface area contributed by atoms with Crippen molar-refractivity contribution in [3.05, 3.63) is 78.9 Å². The van der Waals surface area contributed by atoms with E-state index >= 15 is 0 Å². The van der Waals surface area contributed by atoms with Crippen LogP contribution in [0.2, 0.25) is 0 Å². The van der Waals surface area contributed by atoms with Gasteiger partial charge in [-0.15, -0.1) is 0 Å². The monoisotopic (exact) mass is 344 g/mol. The summed E-state index contributed by atoms with van der Waals surface area (Å²) in [7, 11) is 2.18. The van der Waals surface area contributed by atoms with Gasteiger partial charge < -0.3 is 8.97 Å². The Labute approximate surface area is 155 Å². The lowest BCUT2D eigenvalue weighted by molar-refractivity contribution is 1.01. The van der Waals surface area contributed by atoms with Crippen LogP contribution >= 0.6 is 0 Å². The van der Waals surface area contributed by atoms with E-state index in [-0.39, 0.29) is 0 Å². The molecule has 0 atom stereocenters. The van der Waals surface area contributed by atoms with E-state index in [1.807, 2.05) is 0 Å².